The Morgan fingerprint density at radius 1 is 0.326 bits per heavy atom. The monoisotopic (exact) mass is 610 g/mol. The van der Waals surface area contributed by atoms with Gasteiger partial charge in [0.1, 0.15) is 0 Å². The summed E-state index contributed by atoms with van der Waals surface area (Å²) in [4.78, 5) is 0. The van der Waals surface area contributed by atoms with Gasteiger partial charge in [-0.3, -0.25) is 0 Å². The summed E-state index contributed by atoms with van der Waals surface area (Å²) in [6.07, 6.45) is 42.7. The summed E-state index contributed by atoms with van der Waals surface area (Å²) in [6.45, 7) is 8.41. The Balaban J connectivity index is 3.74. The molecule has 0 aliphatic heterocycles. The quantitative estimate of drug-likeness (QED) is 0.0619. The first kappa shape index (κ1) is 42.9. The van der Waals surface area contributed by atoms with Crippen LogP contribution in [0.25, 0.3) is 0 Å². The van der Waals surface area contributed by atoms with E-state index in [1.807, 2.05) is 13.8 Å². The molecule has 4 unspecified atom stereocenters. The molecule has 260 valence electrons. The maximum atomic E-state index is 10.4. The first-order valence-electron chi connectivity index (χ1n) is 20.1. The smallest absolute Gasteiger partial charge is 0.0665 e. The third-order valence-electron chi connectivity index (χ3n) is 9.83. The SMILES string of the molecule is CCCCCCCCCCCCCCCCCC(NC(CCCCCCCCCCCCCCCCC)C(C)O)C(C)O. The van der Waals surface area contributed by atoms with Gasteiger partial charge in [-0.05, 0) is 26.7 Å². The van der Waals surface area contributed by atoms with Gasteiger partial charge >= 0.3 is 0 Å². The fraction of sp³-hybridized carbons (Fsp3) is 1.00. The molecule has 0 aliphatic rings. The summed E-state index contributed by atoms with van der Waals surface area (Å²) >= 11 is 0. The molecular formula is C40H83NO2. The summed E-state index contributed by atoms with van der Waals surface area (Å²) in [7, 11) is 0. The molecule has 0 saturated carbocycles. The van der Waals surface area contributed by atoms with Gasteiger partial charge in [-0.2, -0.15) is 0 Å². The summed E-state index contributed by atoms with van der Waals surface area (Å²) in [5, 5.41) is 24.5. The fourth-order valence-electron chi connectivity index (χ4n) is 6.67. The lowest BCUT2D eigenvalue weighted by Gasteiger charge is -2.29. The van der Waals surface area contributed by atoms with Crippen LogP contribution in [0.2, 0.25) is 0 Å². The Morgan fingerprint density at radius 3 is 0.698 bits per heavy atom. The molecule has 43 heavy (non-hydrogen) atoms. The molecule has 0 aromatic carbocycles. The predicted molar refractivity (Wildman–Crippen MR) is 193 cm³/mol. The van der Waals surface area contributed by atoms with Gasteiger partial charge in [-0.25, -0.2) is 0 Å². The van der Waals surface area contributed by atoms with Crippen molar-refractivity contribution < 1.29 is 10.2 Å². The zero-order valence-corrected chi connectivity index (χ0v) is 30.3. The molecule has 0 aliphatic carbocycles. The Labute approximate surface area is 272 Å². The Morgan fingerprint density at radius 2 is 0.512 bits per heavy atom. The van der Waals surface area contributed by atoms with Crippen LogP contribution in [0.15, 0.2) is 0 Å². The molecule has 0 spiro atoms. The average molecular weight is 610 g/mol. The molecule has 0 aromatic heterocycles. The van der Waals surface area contributed by atoms with Crippen LogP contribution >= 0.6 is 0 Å². The second-order valence-corrected chi connectivity index (χ2v) is 14.3. The molecule has 0 bridgehead atoms. The van der Waals surface area contributed by atoms with Crippen LogP contribution in [0.4, 0.5) is 0 Å². The molecule has 0 rings (SSSR count). The van der Waals surface area contributed by atoms with E-state index in [1.54, 1.807) is 0 Å². The zero-order valence-electron chi connectivity index (χ0n) is 30.3. The van der Waals surface area contributed by atoms with Crippen molar-refractivity contribution in [3.8, 4) is 0 Å². The Bertz CT molecular complexity index is 465. The van der Waals surface area contributed by atoms with Gasteiger partial charge in [0.15, 0.2) is 0 Å². The zero-order chi connectivity index (χ0) is 31.6. The van der Waals surface area contributed by atoms with Crippen LogP contribution < -0.4 is 5.32 Å². The topological polar surface area (TPSA) is 52.5 Å². The van der Waals surface area contributed by atoms with Crippen molar-refractivity contribution in [2.45, 2.75) is 257 Å². The Hall–Kier alpha value is -0.120. The lowest BCUT2D eigenvalue weighted by atomic mass is 9.97. The van der Waals surface area contributed by atoms with Gasteiger partial charge in [-0.1, -0.05) is 206 Å². The van der Waals surface area contributed by atoms with E-state index in [9.17, 15) is 10.2 Å². The normalized spacial score (nSPS) is 14.7. The van der Waals surface area contributed by atoms with Gasteiger partial charge in [0.2, 0.25) is 0 Å². The molecule has 4 atom stereocenters. The van der Waals surface area contributed by atoms with Gasteiger partial charge < -0.3 is 15.5 Å². The first-order chi connectivity index (χ1) is 21.0. The van der Waals surface area contributed by atoms with Crippen molar-refractivity contribution in [1.29, 1.82) is 0 Å². The lowest BCUT2D eigenvalue weighted by molar-refractivity contribution is 0.0897. The highest BCUT2D eigenvalue weighted by molar-refractivity contribution is 4.81. The van der Waals surface area contributed by atoms with E-state index < -0.39 is 0 Å². The van der Waals surface area contributed by atoms with Gasteiger partial charge in [0.05, 0.1) is 12.2 Å². The number of rotatable bonds is 36. The van der Waals surface area contributed by atoms with Crippen LogP contribution in [0.1, 0.15) is 233 Å². The maximum absolute atomic E-state index is 10.4. The van der Waals surface area contributed by atoms with Crippen molar-refractivity contribution >= 4 is 0 Å². The van der Waals surface area contributed by atoms with E-state index in [-0.39, 0.29) is 24.3 Å². The maximum Gasteiger partial charge on any atom is 0.0665 e. The van der Waals surface area contributed by atoms with E-state index in [0.29, 0.717) is 0 Å². The van der Waals surface area contributed by atoms with Crippen molar-refractivity contribution in [3.05, 3.63) is 0 Å². The summed E-state index contributed by atoms with van der Waals surface area (Å²) in [5.41, 5.74) is 0. The summed E-state index contributed by atoms with van der Waals surface area (Å²) < 4.78 is 0. The highest BCUT2D eigenvalue weighted by atomic mass is 16.3. The third kappa shape index (κ3) is 31.6. The summed E-state index contributed by atoms with van der Waals surface area (Å²) in [6, 6.07) is 0.191. The van der Waals surface area contributed by atoms with Crippen LogP contribution in [-0.2, 0) is 0 Å². The Kier molecular flexibility index (Phi) is 34.7. The van der Waals surface area contributed by atoms with Crippen LogP contribution in [-0.4, -0.2) is 34.5 Å². The van der Waals surface area contributed by atoms with Gasteiger partial charge in [0, 0.05) is 12.1 Å². The molecule has 0 aromatic rings. The van der Waals surface area contributed by atoms with Crippen molar-refractivity contribution in [3.63, 3.8) is 0 Å². The van der Waals surface area contributed by atoms with Crippen molar-refractivity contribution in [2.24, 2.45) is 0 Å². The van der Waals surface area contributed by atoms with Gasteiger partial charge in [-0.15, -0.1) is 0 Å². The highest BCUT2D eigenvalue weighted by Crippen LogP contribution is 2.18. The largest absolute Gasteiger partial charge is 0.392 e. The van der Waals surface area contributed by atoms with E-state index in [4.69, 9.17) is 0 Å². The fourth-order valence-corrected chi connectivity index (χ4v) is 6.67. The van der Waals surface area contributed by atoms with Crippen LogP contribution in [0.5, 0.6) is 0 Å². The predicted octanol–water partition coefficient (Wildman–Crippen LogP) is 12.6. The highest BCUT2D eigenvalue weighted by Gasteiger charge is 2.22. The second-order valence-electron chi connectivity index (χ2n) is 14.3. The second kappa shape index (κ2) is 34.7. The molecular weight excluding hydrogens is 526 g/mol. The van der Waals surface area contributed by atoms with Crippen molar-refractivity contribution in [1.82, 2.24) is 5.32 Å². The molecule has 0 fully saturated rings. The summed E-state index contributed by atoms with van der Waals surface area (Å²) in [5.74, 6) is 0. The lowest BCUT2D eigenvalue weighted by Crippen LogP contribution is -2.48. The number of unbranched alkanes of at least 4 members (excludes halogenated alkanes) is 28. The molecule has 3 nitrogen and oxygen atoms in total. The van der Waals surface area contributed by atoms with E-state index in [2.05, 4.69) is 19.2 Å². The molecule has 0 heterocycles. The van der Waals surface area contributed by atoms with E-state index >= 15 is 0 Å². The molecule has 3 N–H and O–H groups in total. The van der Waals surface area contributed by atoms with E-state index in [0.717, 1.165) is 12.8 Å². The number of aliphatic hydroxyl groups is 2. The molecule has 0 radical (unpaired) electrons. The number of nitrogens with one attached hydrogen (secondary N) is 1. The first-order valence-corrected chi connectivity index (χ1v) is 20.1. The number of hydrogen-bond acceptors (Lipinski definition) is 3. The molecule has 0 amide bonds. The van der Waals surface area contributed by atoms with E-state index in [1.165, 1.54) is 193 Å². The average Bonchev–Trinajstić information content (AvgIpc) is 2.99. The minimum atomic E-state index is -0.367. The standard InChI is InChI=1S/C40H83NO2/c1-5-7-9-11-13-15-17-19-21-23-25-27-29-31-33-35-39(37(3)42)41-40(38(4)43)36-34-32-30-28-26-24-22-20-18-16-14-12-10-8-6-2/h37-43H,5-36H2,1-4H3. The van der Waals surface area contributed by atoms with Gasteiger partial charge in [0.25, 0.3) is 0 Å². The number of hydrogen-bond donors (Lipinski definition) is 3. The minimum absolute atomic E-state index is 0.0953. The molecule has 3 heteroatoms. The van der Waals surface area contributed by atoms with Crippen molar-refractivity contribution in [2.75, 3.05) is 0 Å². The minimum Gasteiger partial charge on any atom is -0.392 e. The third-order valence-corrected chi connectivity index (χ3v) is 9.83. The molecule has 0 saturated heterocycles. The van der Waals surface area contributed by atoms with Crippen LogP contribution in [0.3, 0.4) is 0 Å². The van der Waals surface area contributed by atoms with Crippen LogP contribution in [0, 0.1) is 0 Å². The number of aliphatic hydroxyl groups excluding tert-OH is 2.